The Morgan fingerprint density at radius 1 is 1.17 bits per heavy atom. The first-order valence-electron chi connectivity index (χ1n) is 6.84. The van der Waals surface area contributed by atoms with Gasteiger partial charge in [-0.2, -0.15) is 5.26 Å². The maximum Gasteiger partial charge on any atom is 0.265 e. The van der Waals surface area contributed by atoms with Gasteiger partial charge in [0.25, 0.3) is 5.91 Å². The van der Waals surface area contributed by atoms with E-state index in [1.165, 1.54) is 12.1 Å². The van der Waals surface area contributed by atoms with Crippen LogP contribution in [0.25, 0.3) is 22.0 Å². The van der Waals surface area contributed by atoms with Crippen molar-refractivity contribution in [2.75, 3.05) is 0 Å². The third kappa shape index (κ3) is 2.29. The Kier molecular flexibility index (Phi) is 3.53. The van der Waals surface area contributed by atoms with Gasteiger partial charge in [0, 0.05) is 10.9 Å². The summed E-state index contributed by atoms with van der Waals surface area (Å²) in [5.41, 5.74) is 6.84. The highest BCUT2D eigenvalue weighted by Crippen LogP contribution is 2.34. The van der Waals surface area contributed by atoms with Gasteiger partial charge in [-0.1, -0.05) is 0 Å². The maximum atomic E-state index is 13.6. The predicted octanol–water partition coefficient (Wildman–Crippen LogP) is 3.53. The lowest BCUT2D eigenvalue weighted by atomic mass is 9.98. The molecule has 0 fully saturated rings. The fraction of sp³-hybridized carbons (Fsp3) is 0.0588. The van der Waals surface area contributed by atoms with Crippen LogP contribution < -0.4 is 5.73 Å². The normalized spacial score (nSPS) is 10.8. The van der Waals surface area contributed by atoms with Crippen LogP contribution in [0, 0.1) is 35.7 Å². The largest absolute Gasteiger partial charge is 0.364 e. The highest BCUT2D eigenvalue weighted by Gasteiger charge is 2.19. The molecule has 0 aliphatic rings. The van der Waals surface area contributed by atoms with E-state index in [4.69, 9.17) is 11.0 Å². The van der Waals surface area contributed by atoms with Crippen LogP contribution in [0.3, 0.4) is 0 Å². The third-order valence-electron chi connectivity index (χ3n) is 3.84. The second-order valence-corrected chi connectivity index (χ2v) is 5.30. The van der Waals surface area contributed by atoms with Crippen LogP contribution in [0.1, 0.15) is 21.6 Å². The fourth-order valence-electron chi connectivity index (χ4n) is 2.68. The first-order chi connectivity index (χ1) is 11.3. The van der Waals surface area contributed by atoms with Crippen LogP contribution in [-0.4, -0.2) is 10.9 Å². The summed E-state index contributed by atoms with van der Waals surface area (Å²) in [5.74, 6) is -4.98. The Hall–Kier alpha value is -3.27. The molecule has 120 valence electrons. The number of primary amides is 1. The molecule has 4 nitrogen and oxygen atoms in total. The van der Waals surface area contributed by atoms with Gasteiger partial charge < -0.3 is 10.7 Å². The minimum atomic E-state index is -1.58. The quantitative estimate of drug-likeness (QED) is 0.705. The number of hydrogen-bond acceptors (Lipinski definition) is 2. The molecule has 0 unspecified atom stereocenters. The molecule has 0 saturated carbocycles. The van der Waals surface area contributed by atoms with Crippen LogP contribution in [0.15, 0.2) is 24.3 Å². The van der Waals surface area contributed by atoms with E-state index in [-0.39, 0.29) is 22.4 Å². The molecule has 24 heavy (non-hydrogen) atoms. The molecule has 1 amide bonds. The van der Waals surface area contributed by atoms with Gasteiger partial charge in [-0.05, 0) is 42.3 Å². The van der Waals surface area contributed by atoms with Gasteiger partial charge in [-0.25, -0.2) is 13.2 Å². The first kappa shape index (κ1) is 15.6. The fourth-order valence-corrected chi connectivity index (χ4v) is 2.68. The van der Waals surface area contributed by atoms with Gasteiger partial charge in [0.2, 0.25) is 0 Å². The molecular formula is C17H10F3N3O. The topological polar surface area (TPSA) is 82.7 Å². The summed E-state index contributed by atoms with van der Waals surface area (Å²) in [4.78, 5) is 14.3. The molecule has 1 heterocycles. The molecule has 3 N–H and O–H groups in total. The van der Waals surface area contributed by atoms with Crippen molar-refractivity contribution in [3.05, 3.63) is 58.5 Å². The van der Waals surface area contributed by atoms with Crippen LogP contribution in [0.2, 0.25) is 0 Å². The summed E-state index contributed by atoms with van der Waals surface area (Å²) < 4.78 is 40.3. The summed E-state index contributed by atoms with van der Waals surface area (Å²) in [6.07, 6.45) is 0. The molecule has 0 radical (unpaired) electrons. The Bertz CT molecular complexity index is 1020. The number of aromatic nitrogens is 1. The highest BCUT2D eigenvalue weighted by atomic mass is 19.2. The van der Waals surface area contributed by atoms with Crippen molar-refractivity contribution in [1.82, 2.24) is 4.98 Å². The predicted molar refractivity (Wildman–Crippen MR) is 81.6 cm³/mol. The highest BCUT2D eigenvalue weighted by molar-refractivity contribution is 6.05. The Morgan fingerprint density at radius 3 is 2.33 bits per heavy atom. The number of amides is 1. The number of aromatic amines is 1. The third-order valence-corrected chi connectivity index (χ3v) is 3.84. The average molecular weight is 329 g/mol. The number of halogens is 3. The van der Waals surface area contributed by atoms with E-state index in [9.17, 15) is 18.0 Å². The summed E-state index contributed by atoms with van der Waals surface area (Å²) >= 11 is 0. The van der Waals surface area contributed by atoms with E-state index in [2.05, 4.69) is 4.98 Å². The molecule has 3 aromatic rings. The van der Waals surface area contributed by atoms with Crippen molar-refractivity contribution < 1.29 is 18.0 Å². The van der Waals surface area contributed by atoms with Gasteiger partial charge in [-0.15, -0.1) is 0 Å². The summed E-state index contributed by atoms with van der Waals surface area (Å²) in [7, 11) is 0. The number of H-pyrrole nitrogens is 1. The van der Waals surface area contributed by atoms with Gasteiger partial charge in [0.1, 0.15) is 5.69 Å². The van der Waals surface area contributed by atoms with E-state index < -0.39 is 23.4 Å². The number of benzene rings is 2. The van der Waals surface area contributed by atoms with Gasteiger partial charge >= 0.3 is 0 Å². The molecule has 0 bridgehead atoms. The molecule has 3 rings (SSSR count). The second kappa shape index (κ2) is 5.42. The lowest BCUT2D eigenvalue weighted by Gasteiger charge is -2.07. The van der Waals surface area contributed by atoms with Crippen molar-refractivity contribution in [2.45, 2.75) is 6.92 Å². The number of fused-ring (bicyclic) bond motifs is 1. The molecular weight excluding hydrogens is 319 g/mol. The van der Waals surface area contributed by atoms with Crippen LogP contribution >= 0.6 is 0 Å². The van der Waals surface area contributed by atoms with Crippen LogP contribution in [-0.2, 0) is 0 Å². The minimum Gasteiger partial charge on any atom is -0.364 e. The van der Waals surface area contributed by atoms with Crippen molar-refractivity contribution in [2.24, 2.45) is 5.73 Å². The Morgan fingerprint density at radius 2 is 1.79 bits per heavy atom. The van der Waals surface area contributed by atoms with Gasteiger partial charge in [-0.3, -0.25) is 4.79 Å². The zero-order valence-electron chi connectivity index (χ0n) is 12.4. The monoisotopic (exact) mass is 329 g/mol. The minimum absolute atomic E-state index is 0.0331. The number of nitrogens with two attached hydrogens (primary N) is 1. The molecule has 0 aliphatic carbocycles. The number of carbonyl (C=O) groups excluding carboxylic acids is 1. The maximum absolute atomic E-state index is 13.6. The number of nitriles is 1. The Balaban J connectivity index is 2.41. The van der Waals surface area contributed by atoms with Gasteiger partial charge in [0.05, 0.1) is 17.1 Å². The van der Waals surface area contributed by atoms with Gasteiger partial charge in [0.15, 0.2) is 17.5 Å². The van der Waals surface area contributed by atoms with Crippen LogP contribution in [0.5, 0.6) is 0 Å². The van der Waals surface area contributed by atoms with Crippen LogP contribution in [0.4, 0.5) is 13.2 Å². The van der Waals surface area contributed by atoms with E-state index in [0.29, 0.717) is 16.5 Å². The van der Waals surface area contributed by atoms with Crippen molar-refractivity contribution in [3.63, 3.8) is 0 Å². The first-order valence-corrected chi connectivity index (χ1v) is 6.84. The van der Waals surface area contributed by atoms with Crippen molar-refractivity contribution in [1.29, 1.82) is 5.26 Å². The zero-order chi connectivity index (χ0) is 17.6. The average Bonchev–Trinajstić information content (AvgIpc) is 2.88. The smallest absolute Gasteiger partial charge is 0.265 e. The number of rotatable bonds is 2. The lowest BCUT2D eigenvalue weighted by Crippen LogP contribution is -2.12. The summed E-state index contributed by atoms with van der Waals surface area (Å²) in [6.45, 7) is 1.63. The van der Waals surface area contributed by atoms with Crippen molar-refractivity contribution >= 4 is 16.8 Å². The molecule has 7 heteroatoms. The number of nitrogens with zero attached hydrogens (tertiary/aromatic N) is 1. The second-order valence-electron chi connectivity index (χ2n) is 5.30. The number of carbonyl (C=O) groups is 1. The molecule has 1 aromatic heterocycles. The zero-order valence-corrected chi connectivity index (χ0v) is 12.4. The molecule has 2 aromatic carbocycles. The number of aryl methyl sites for hydroxylation is 1. The molecule has 0 aliphatic heterocycles. The molecule has 0 saturated heterocycles. The lowest BCUT2D eigenvalue weighted by molar-refractivity contribution is 0.0996. The molecule has 0 spiro atoms. The molecule has 0 atom stereocenters. The SMILES string of the molecule is Cc1c(C(N)=O)[nH]c2c(-c3cc(F)c(F)c(F)c3)cc(C#N)cc12. The Labute approximate surface area is 134 Å². The summed E-state index contributed by atoms with van der Waals surface area (Å²) in [5, 5.41) is 9.69. The van der Waals surface area contributed by atoms with E-state index in [1.54, 1.807) is 6.92 Å². The number of hydrogen-bond donors (Lipinski definition) is 2. The number of nitrogens with one attached hydrogen (secondary N) is 1. The van der Waals surface area contributed by atoms with Crippen molar-refractivity contribution in [3.8, 4) is 17.2 Å². The summed E-state index contributed by atoms with van der Waals surface area (Å²) in [6, 6.07) is 6.53. The van der Waals surface area contributed by atoms with E-state index >= 15 is 0 Å². The van der Waals surface area contributed by atoms with E-state index in [1.807, 2.05) is 6.07 Å². The van der Waals surface area contributed by atoms with E-state index in [0.717, 1.165) is 12.1 Å². The standard InChI is InChI=1S/C17H10F3N3O/c1-7-10-2-8(6-21)3-11(16(10)23-15(7)17(22)24)9-4-12(18)14(20)13(19)5-9/h2-5,23H,1H3,(H2,22,24).